The number of carboxylic acid groups (broad SMARTS) is 1. The van der Waals surface area contributed by atoms with E-state index in [1.165, 1.54) is 11.8 Å². The molecular weight excluding hydrogens is 384 g/mol. The molecule has 3 amide bonds. The number of carboxylic acids is 1. The number of carbonyl (C=O) groups is 4. The Hall–Kier alpha value is -2.59. The Balaban J connectivity index is 2.83. The van der Waals surface area contributed by atoms with Crippen LogP contribution in [0.2, 0.25) is 0 Å². The topological polar surface area (TPSA) is 151 Å². The molecule has 0 aliphatic rings. The van der Waals surface area contributed by atoms with E-state index in [0.717, 1.165) is 5.56 Å². The van der Waals surface area contributed by atoms with Crippen molar-refractivity contribution in [3.05, 3.63) is 35.9 Å². The van der Waals surface area contributed by atoms with E-state index in [4.69, 9.17) is 5.73 Å². The van der Waals surface area contributed by atoms with Crippen molar-refractivity contribution in [3.8, 4) is 0 Å². The first-order valence-electron chi connectivity index (χ1n) is 8.69. The summed E-state index contributed by atoms with van der Waals surface area (Å²) in [6.07, 6.45) is 2.29. The van der Waals surface area contributed by atoms with Gasteiger partial charge in [-0.1, -0.05) is 30.3 Å². The van der Waals surface area contributed by atoms with Crippen LogP contribution in [0.1, 0.15) is 12.0 Å². The van der Waals surface area contributed by atoms with Crippen LogP contribution >= 0.6 is 11.8 Å². The molecule has 0 aliphatic heterocycles. The van der Waals surface area contributed by atoms with Gasteiger partial charge in [0.25, 0.3) is 0 Å². The van der Waals surface area contributed by atoms with Gasteiger partial charge in [-0.05, 0) is 24.0 Å². The molecule has 0 saturated heterocycles. The zero-order valence-electron chi connectivity index (χ0n) is 15.6. The second-order valence-corrected chi connectivity index (χ2v) is 6.96. The van der Waals surface area contributed by atoms with Crippen molar-refractivity contribution in [2.45, 2.75) is 24.9 Å². The molecular formula is C18H26N4O5S. The molecule has 1 aromatic carbocycles. The summed E-state index contributed by atoms with van der Waals surface area (Å²) in [5.41, 5.74) is 5.96. The molecule has 0 fully saturated rings. The van der Waals surface area contributed by atoms with E-state index in [0.29, 0.717) is 5.75 Å². The summed E-state index contributed by atoms with van der Waals surface area (Å²) in [4.78, 5) is 47.3. The Bertz CT molecular complexity index is 671. The van der Waals surface area contributed by atoms with Crippen LogP contribution in [0.4, 0.5) is 0 Å². The molecule has 28 heavy (non-hydrogen) atoms. The number of carbonyl (C=O) groups excluding carboxylic acids is 3. The zero-order valence-corrected chi connectivity index (χ0v) is 16.5. The fraction of sp³-hybridized carbons (Fsp3) is 0.444. The molecule has 10 heteroatoms. The van der Waals surface area contributed by atoms with Gasteiger partial charge in [0.15, 0.2) is 0 Å². The maximum atomic E-state index is 12.7. The van der Waals surface area contributed by atoms with Crippen LogP contribution in [0.3, 0.4) is 0 Å². The number of nitrogens with two attached hydrogens (primary N) is 1. The van der Waals surface area contributed by atoms with E-state index in [1.807, 2.05) is 12.3 Å². The van der Waals surface area contributed by atoms with Crippen molar-refractivity contribution in [3.63, 3.8) is 0 Å². The first-order chi connectivity index (χ1) is 13.4. The van der Waals surface area contributed by atoms with Crippen LogP contribution in [0.25, 0.3) is 0 Å². The zero-order chi connectivity index (χ0) is 20.9. The molecule has 0 heterocycles. The van der Waals surface area contributed by atoms with Crippen molar-refractivity contribution in [1.29, 1.82) is 0 Å². The van der Waals surface area contributed by atoms with Gasteiger partial charge in [-0.15, -0.1) is 0 Å². The first-order valence-corrected chi connectivity index (χ1v) is 10.1. The Labute approximate surface area is 167 Å². The van der Waals surface area contributed by atoms with Gasteiger partial charge < -0.3 is 26.8 Å². The van der Waals surface area contributed by atoms with Crippen LogP contribution in [-0.2, 0) is 25.6 Å². The summed E-state index contributed by atoms with van der Waals surface area (Å²) in [6.45, 7) is -0.583. The highest BCUT2D eigenvalue weighted by molar-refractivity contribution is 7.98. The molecule has 9 nitrogen and oxygen atoms in total. The van der Waals surface area contributed by atoms with Crippen LogP contribution in [-0.4, -0.2) is 66.0 Å². The fourth-order valence-corrected chi connectivity index (χ4v) is 2.79. The third-order valence-electron chi connectivity index (χ3n) is 3.79. The first kappa shape index (κ1) is 23.4. The maximum absolute atomic E-state index is 12.7. The number of aliphatic carboxylic acids is 1. The Morgan fingerprint density at radius 3 is 2.32 bits per heavy atom. The van der Waals surface area contributed by atoms with Gasteiger partial charge in [0.1, 0.15) is 12.1 Å². The maximum Gasteiger partial charge on any atom is 0.326 e. The Kier molecular flexibility index (Phi) is 10.7. The number of hydrogen-bond acceptors (Lipinski definition) is 6. The minimum absolute atomic E-state index is 0.179. The molecule has 1 aromatic rings. The van der Waals surface area contributed by atoms with E-state index >= 15 is 0 Å². The number of benzene rings is 1. The van der Waals surface area contributed by atoms with E-state index in [2.05, 4.69) is 16.0 Å². The van der Waals surface area contributed by atoms with Crippen LogP contribution in [0.15, 0.2) is 30.3 Å². The van der Waals surface area contributed by atoms with E-state index in [1.54, 1.807) is 24.3 Å². The quantitative estimate of drug-likeness (QED) is 0.300. The van der Waals surface area contributed by atoms with Gasteiger partial charge in [0.05, 0.1) is 13.1 Å². The standard InChI is InChI=1S/C18H26N4O5S/c1-28-8-7-13(18(26)27)22-17(25)14(9-12-5-3-2-4-6-12)21-16(24)11-20-15(23)10-19/h2-6,13-14H,7-11,19H2,1H3,(H,20,23)(H,21,24)(H,22,25)(H,26,27)/t13-,14-/m0/s1. The van der Waals surface area contributed by atoms with Gasteiger partial charge in [-0.25, -0.2) is 4.79 Å². The van der Waals surface area contributed by atoms with Crippen molar-refractivity contribution in [1.82, 2.24) is 16.0 Å². The molecule has 154 valence electrons. The Morgan fingerprint density at radius 2 is 1.75 bits per heavy atom. The normalized spacial score (nSPS) is 12.5. The summed E-state index contributed by atoms with van der Waals surface area (Å²) in [5, 5.41) is 16.6. The average Bonchev–Trinajstić information content (AvgIpc) is 2.69. The number of nitrogens with one attached hydrogen (secondary N) is 3. The fourth-order valence-electron chi connectivity index (χ4n) is 2.32. The van der Waals surface area contributed by atoms with Crippen LogP contribution < -0.4 is 21.7 Å². The minimum Gasteiger partial charge on any atom is -0.480 e. The highest BCUT2D eigenvalue weighted by Crippen LogP contribution is 2.06. The predicted molar refractivity (Wildman–Crippen MR) is 107 cm³/mol. The number of rotatable bonds is 12. The predicted octanol–water partition coefficient (Wildman–Crippen LogP) is -0.889. The van der Waals surface area contributed by atoms with Gasteiger partial charge in [-0.2, -0.15) is 11.8 Å². The van der Waals surface area contributed by atoms with Crippen LogP contribution in [0.5, 0.6) is 0 Å². The Morgan fingerprint density at radius 1 is 1.07 bits per heavy atom. The monoisotopic (exact) mass is 410 g/mol. The van der Waals surface area contributed by atoms with E-state index in [9.17, 15) is 24.3 Å². The lowest BCUT2D eigenvalue weighted by atomic mass is 10.0. The van der Waals surface area contributed by atoms with Crippen molar-refractivity contribution in [2.75, 3.05) is 25.1 Å². The highest BCUT2D eigenvalue weighted by atomic mass is 32.2. The molecule has 0 bridgehead atoms. The molecule has 0 aromatic heterocycles. The summed E-state index contributed by atoms with van der Waals surface area (Å²) < 4.78 is 0. The molecule has 0 spiro atoms. The SMILES string of the molecule is CSCC[C@H](NC(=O)[C@H](Cc1ccccc1)NC(=O)CNC(=O)CN)C(=O)O. The number of thioether (sulfide) groups is 1. The molecule has 0 aliphatic carbocycles. The molecule has 1 rings (SSSR count). The highest BCUT2D eigenvalue weighted by Gasteiger charge is 2.26. The second-order valence-electron chi connectivity index (χ2n) is 5.97. The summed E-state index contributed by atoms with van der Waals surface area (Å²) in [5.74, 6) is -2.24. The second kappa shape index (κ2) is 12.7. The molecule has 2 atom stereocenters. The lowest BCUT2D eigenvalue weighted by molar-refractivity contribution is -0.142. The largest absolute Gasteiger partial charge is 0.480 e. The number of hydrogen-bond donors (Lipinski definition) is 5. The van der Waals surface area contributed by atoms with Crippen LogP contribution in [0, 0.1) is 0 Å². The van der Waals surface area contributed by atoms with Gasteiger partial charge in [0.2, 0.25) is 17.7 Å². The van der Waals surface area contributed by atoms with Gasteiger partial charge in [0, 0.05) is 6.42 Å². The average molecular weight is 410 g/mol. The molecule has 6 N–H and O–H groups in total. The summed E-state index contributed by atoms with van der Waals surface area (Å²) in [7, 11) is 0. The third kappa shape index (κ3) is 8.87. The number of amides is 3. The lowest BCUT2D eigenvalue weighted by Gasteiger charge is -2.21. The molecule has 0 radical (unpaired) electrons. The van der Waals surface area contributed by atoms with Crippen molar-refractivity contribution in [2.24, 2.45) is 5.73 Å². The smallest absolute Gasteiger partial charge is 0.326 e. The summed E-state index contributed by atoms with van der Waals surface area (Å²) >= 11 is 1.47. The molecule has 0 unspecified atom stereocenters. The van der Waals surface area contributed by atoms with Crippen molar-refractivity contribution >= 4 is 35.5 Å². The lowest BCUT2D eigenvalue weighted by Crippen LogP contribution is -2.54. The minimum atomic E-state index is -1.14. The van der Waals surface area contributed by atoms with Crippen molar-refractivity contribution < 1.29 is 24.3 Å². The van der Waals surface area contributed by atoms with E-state index < -0.39 is 35.8 Å². The van der Waals surface area contributed by atoms with E-state index in [-0.39, 0.29) is 25.9 Å². The molecule has 0 saturated carbocycles. The third-order valence-corrected chi connectivity index (χ3v) is 4.44. The van der Waals surface area contributed by atoms with Gasteiger partial charge in [-0.3, -0.25) is 14.4 Å². The summed E-state index contributed by atoms with van der Waals surface area (Å²) in [6, 6.07) is 6.98. The van der Waals surface area contributed by atoms with Gasteiger partial charge >= 0.3 is 5.97 Å².